The third kappa shape index (κ3) is 4.50. The Balaban J connectivity index is 1.36. The second-order valence-electron chi connectivity index (χ2n) is 9.11. The molecule has 11 nitrogen and oxygen atoms in total. The Kier molecular flexibility index (Phi) is 6.24. The first-order valence-electron chi connectivity index (χ1n) is 11.6. The van der Waals surface area contributed by atoms with E-state index < -0.39 is 11.4 Å². The molecule has 5 rings (SSSR count). The van der Waals surface area contributed by atoms with Crippen LogP contribution in [0.5, 0.6) is 0 Å². The quantitative estimate of drug-likeness (QED) is 0.520. The number of pyridine rings is 2. The molecule has 0 bridgehead atoms. The molecule has 0 saturated carbocycles. The molecular formula is C23H26N6O5S. The van der Waals surface area contributed by atoms with Crippen molar-refractivity contribution in [3.63, 3.8) is 0 Å². The molecule has 3 aromatic rings. The number of hydrogen-bond donors (Lipinski definition) is 2. The molecule has 35 heavy (non-hydrogen) atoms. The van der Waals surface area contributed by atoms with Gasteiger partial charge in [-0.15, -0.1) is 0 Å². The van der Waals surface area contributed by atoms with Crippen LogP contribution in [0.15, 0.2) is 23.4 Å². The van der Waals surface area contributed by atoms with E-state index in [0.29, 0.717) is 41.8 Å². The van der Waals surface area contributed by atoms with E-state index in [-0.39, 0.29) is 35.0 Å². The lowest BCUT2D eigenvalue weighted by Gasteiger charge is -2.39. The highest BCUT2D eigenvalue weighted by molar-refractivity contribution is 7.08. The maximum absolute atomic E-state index is 12.9. The molecule has 0 aromatic carbocycles. The number of fused-ring (bicyclic) bond motifs is 1. The number of hydrogen-bond acceptors (Lipinski definition) is 9. The average Bonchev–Trinajstić information content (AvgIpc) is 3.31. The number of aryl methyl sites for hydroxylation is 1. The van der Waals surface area contributed by atoms with Gasteiger partial charge in [0.2, 0.25) is 16.5 Å². The number of nitrogens with zero attached hydrogens (tertiary/aromatic N) is 5. The topological polar surface area (TPSA) is 140 Å². The monoisotopic (exact) mass is 498 g/mol. The molecule has 2 aliphatic heterocycles. The SMILES string of the molecule is Cc1cc(N2CC(C(=O)NCC3CCCC(C)O3)C2)nc2c1c(=O)c(C(=O)O)cn2-c1ncns1. The van der Waals surface area contributed by atoms with Gasteiger partial charge >= 0.3 is 5.97 Å². The summed E-state index contributed by atoms with van der Waals surface area (Å²) < 4.78 is 11.4. The normalized spacial score (nSPS) is 20.6. The molecule has 0 radical (unpaired) electrons. The zero-order valence-corrected chi connectivity index (χ0v) is 20.2. The highest BCUT2D eigenvalue weighted by atomic mass is 32.1. The molecule has 1 amide bonds. The minimum absolute atomic E-state index is 0.00236. The molecule has 2 unspecified atom stereocenters. The van der Waals surface area contributed by atoms with Crippen LogP contribution in [-0.2, 0) is 9.53 Å². The third-order valence-electron chi connectivity index (χ3n) is 6.57. The molecule has 12 heteroatoms. The van der Waals surface area contributed by atoms with Crippen molar-refractivity contribution >= 4 is 40.3 Å². The van der Waals surface area contributed by atoms with Gasteiger partial charge in [0.25, 0.3) is 0 Å². The van der Waals surface area contributed by atoms with Crippen molar-refractivity contribution in [2.45, 2.75) is 45.3 Å². The zero-order valence-electron chi connectivity index (χ0n) is 19.4. The van der Waals surface area contributed by atoms with Crippen molar-refractivity contribution in [2.75, 3.05) is 24.5 Å². The lowest BCUT2D eigenvalue weighted by molar-refractivity contribution is -0.127. The van der Waals surface area contributed by atoms with Crippen molar-refractivity contribution in [1.82, 2.24) is 24.2 Å². The van der Waals surface area contributed by atoms with E-state index in [0.717, 1.165) is 30.8 Å². The van der Waals surface area contributed by atoms with Gasteiger partial charge in [0.05, 0.1) is 23.5 Å². The van der Waals surface area contributed by atoms with Crippen molar-refractivity contribution < 1.29 is 19.4 Å². The fraction of sp³-hybridized carbons (Fsp3) is 0.478. The summed E-state index contributed by atoms with van der Waals surface area (Å²) in [6.45, 7) is 5.33. The van der Waals surface area contributed by atoms with Crippen LogP contribution in [-0.4, -0.2) is 67.7 Å². The molecule has 2 fully saturated rings. The minimum atomic E-state index is -1.32. The van der Waals surface area contributed by atoms with Crippen molar-refractivity contribution in [3.05, 3.63) is 39.9 Å². The van der Waals surface area contributed by atoms with E-state index in [1.165, 1.54) is 17.1 Å². The number of carboxylic acid groups (broad SMARTS) is 1. The Hall–Kier alpha value is -3.38. The van der Waals surface area contributed by atoms with E-state index in [1.807, 2.05) is 4.90 Å². The summed E-state index contributed by atoms with van der Waals surface area (Å²) in [4.78, 5) is 48.0. The fourth-order valence-electron chi connectivity index (χ4n) is 4.65. The molecule has 2 aliphatic rings. The van der Waals surface area contributed by atoms with Gasteiger partial charge in [-0.3, -0.25) is 14.2 Å². The zero-order chi connectivity index (χ0) is 24.7. The maximum Gasteiger partial charge on any atom is 0.341 e. The highest BCUT2D eigenvalue weighted by Crippen LogP contribution is 2.28. The first-order valence-corrected chi connectivity index (χ1v) is 12.3. The highest BCUT2D eigenvalue weighted by Gasteiger charge is 2.34. The van der Waals surface area contributed by atoms with Gasteiger partial charge in [0.15, 0.2) is 5.65 Å². The van der Waals surface area contributed by atoms with Crippen molar-refractivity contribution in [1.29, 1.82) is 0 Å². The van der Waals surface area contributed by atoms with E-state index >= 15 is 0 Å². The Morgan fingerprint density at radius 2 is 2.11 bits per heavy atom. The van der Waals surface area contributed by atoms with Gasteiger partial charge in [-0.1, -0.05) is 0 Å². The molecule has 2 N–H and O–H groups in total. The molecule has 0 spiro atoms. The Morgan fingerprint density at radius 3 is 2.80 bits per heavy atom. The largest absolute Gasteiger partial charge is 0.477 e. The van der Waals surface area contributed by atoms with Gasteiger partial charge in [0.1, 0.15) is 17.7 Å². The van der Waals surface area contributed by atoms with E-state index in [1.54, 1.807) is 13.0 Å². The van der Waals surface area contributed by atoms with Crippen LogP contribution in [0.4, 0.5) is 5.82 Å². The Morgan fingerprint density at radius 1 is 1.31 bits per heavy atom. The molecule has 184 valence electrons. The molecule has 5 heterocycles. The smallest absolute Gasteiger partial charge is 0.341 e. The number of anilines is 1. The predicted octanol–water partition coefficient (Wildman–Crippen LogP) is 1.75. The lowest BCUT2D eigenvalue weighted by Crippen LogP contribution is -2.55. The van der Waals surface area contributed by atoms with Gasteiger partial charge in [-0.25, -0.2) is 14.8 Å². The summed E-state index contributed by atoms with van der Waals surface area (Å²) in [7, 11) is 0. The predicted molar refractivity (Wildman–Crippen MR) is 129 cm³/mol. The molecule has 2 saturated heterocycles. The van der Waals surface area contributed by atoms with Crippen molar-refractivity contribution in [3.8, 4) is 5.13 Å². The van der Waals surface area contributed by atoms with Gasteiger partial charge in [-0.05, 0) is 44.7 Å². The maximum atomic E-state index is 12.9. The summed E-state index contributed by atoms with van der Waals surface area (Å²) in [5, 5.41) is 13.2. The van der Waals surface area contributed by atoms with E-state index in [4.69, 9.17) is 4.74 Å². The number of carbonyl (C=O) groups excluding carboxylic acids is 1. The molecule has 3 aromatic heterocycles. The summed E-state index contributed by atoms with van der Waals surface area (Å²) in [5.41, 5.74) is -0.0386. The number of aromatic carboxylic acids is 1. The minimum Gasteiger partial charge on any atom is -0.477 e. The van der Waals surface area contributed by atoms with Crippen LogP contribution in [0.1, 0.15) is 42.1 Å². The fourth-order valence-corrected chi connectivity index (χ4v) is 5.16. The number of rotatable bonds is 6. The van der Waals surface area contributed by atoms with Crippen LogP contribution < -0.4 is 15.6 Å². The Bertz CT molecular complexity index is 1330. The summed E-state index contributed by atoms with van der Waals surface area (Å²) in [6.07, 6.45) is 6.03. The van der Waals surface area contributed by atoms with Crippen LogP contribution in [0.2, 0.25) is 0 Å². The number of aromatic nitrogens is 4. The number of ether oxygens (including phenoxy) is 1. The summed E-state index contributed by atoms with van der Waals surface area (Å²) >= 11 is 1.07. The van der Waals surface area contributed by atoms with E-state index in [2.05, 4.69) is 26.6 Å². The number of carboxylic acids is 1. The van der Waals surface area contributed by atoms with Crippen LogP contribution in [0.25, 0.3) is 16.2 Å². The first kappa shape index (κ1) is 23.4. The Labute approximate surface area is 204 Å². The number of amides is 1. The number of nitrogens with one attached hydrogen (secondary N) is 1. The second-order valence-corrected chi connectivity index (χ2v) is 9.87. The summed E-state index contributed by atoms with van der Waals surface area (Å²) in [5.74, 6) is -0.862. The number of carbonyl (C=O) groups is 2. The molecule has 0 aliphatic carbocycles. The van der Waals surface area contributed by atoms with Crippen LogP contribution in [0.3, 0.4) is 0 Å². The average molecular weight is 499 g/mol. The standard InChI is InChI=1S/C23H26N6O5S/c1-12-6-17(28-8-14(9-28)21(31)24-7-15-5-3-4-13(2)34-15)27-20-18(12)19(30)16(22(32)33)10-29(20)23-25-11-26-35-23/h6,10-11,13-15H,3-5,7-9H2,1-2H3,(H,24,31)(H,32,33). The van der Waals surface area contributed by atoms with Gasteiger partial charge in [-0.2, -0.15) is 4.37 Å². The molecule has 2 atom stereocenters. The lowest BCUT2D eigenvalue weighted by atomic mass is 9.98. The summed E-state index contributed by atoms with van der Waals surface area (Å²) in [6, 6.07) is 1.76. The second kappa shape index (κ2) is 9.34. The van der Waals surface area contributed by atoms with Crippen molar-refractivity contribution in [2.24, 2.45) is 5.92 Å². The van der Waals surface area contributed by atoms with Crippen LogP contribution in [0, 0.1) is 12.8 Å². The van der Waals surface area contributed by atoms with Crippen LogP contribution >= 0.6 is 11.5 Å². The van der Waals surface area contributed by atoms with E-state index in [9.17, 15) is 19.5 Å². The molecular weight excluding hydrogens is 472 g/mol. The first-order chi connectivity index (χ1) is 16.8. The van der Waals surface area contributed by atoms with Gasteiger partial charge < -0.3 is 20.1 Å². The third-order valence-corrected chi connectivity index (χ3v) is 7.24. The van der Waals surface area contributed by atoms with Gasteiger partial charge in [0, 0.05) is 37.4 Å².